The number of benzene rings is 2. The van der Waals surface area contributed by atoms with Crippen molar-refractivity contribution in [2.45, 2.75) is 19.9 Å². The molecule has 0 unspecified atom stereocenters. The van der Waals surface area contributed by atoms with Crippen LogP contribution in [0.2, 0.25) is 5.02 Å². The summed E-state index contributed by atoms with van der Waals surface area (Å²) in [6.45, 7) is 3.61. The molecule has 0 bridgehead atoms. The number of non-ortho nitro benzene ring substituents is 1. The van der Waals surface area contributed by atoms with Gasteiger partial charge in [-0.2, -0.15) is 0 Å². The predicted octanol–water partition coefficient (Wildman–Crippen LogP) is 3.36. The Morgan fingerprint density at radius 3 is 2.52 bits per heavy atom. The standard InChI is InChI=1S/C23H18ClN3O5S/c1-3-32-22(29)19-13(2)25-23-26(20(19)15-6-8-16(24)9-7-15)21(28)18(33-23)12-14-4-10-17(11-5-14)27(30)31/h4-12,20H,3H2,1-2H3/b18-12+/t20-/m1/s1. The second kappa shape index (κ2) is 9.13. The number of fused-ring (bicyclic) bond motifs is 1. The van der Waals surface area contributed by atoms with E-state index in [1.165, 1.54) is 28.0 Å². The lowest BCUT2D eigenvalue weighted by Crippen LogP contribution is -2.39. The maximum Gasteiger partial charge on any atom is 0.338 e. The lowest BCUT2D eigenvalue weighted by atomic mass is 9.96. The summed E-state index contributed by atoms with van der Waals surface area (Å²) in [6.07, 6.45) is 1.65. The van der Waals surface area contributed by atoms with Crippen molar-refractivity contribution in [1.82, 2.24) is 4.57 Å². The van der Waals surface area contributed by atoms with Crippen molar-refractivity contribution >= 4 is 40.7 Å². The summed E-state index contributed by atoms with van der Waals surface area (Å²) in [4.78, 5) is 41.6. The first kappa shape index (κ1) is 22.6. The van der Waals surface area contributed by atoms with Crippen LogP contribution in [0.15, 0.2) is 69.6 Å². The first-order valence-corrected chi connectivity index (χ1v) is 11.2. The molecule has 1 aliphatic heterocycles. The molecule has 0 amide bonds. The number of nitro groups is 1. The van der Waals surface area contributed by atoms with Crippen molar-refractivity contribution < 1.29 is 14.5 Å². The van der Waals surface area contributed by atoms with E-state index in [0.717, 1.165) is 0 Å². The largest absolute Gasteiger partial charge is 0.463 e. The molecule has 1 atom stereocenters. The first-order chi connectivity index (χ1) is 15.8. The van der Waals surface area contributed by atoms with Gasteiger partial charge in [-0.3, -0.25) is 19.5 Å². The molecule has 0 saturated carbocycles. The lowest BCUT2D eigenvalue weighted by molar-refractivity contribution is -0.384. The second-order valence-corrected chi connectivity index (χ2v) is 8.65. The van der Waals surface area contributed by atoms with Gasteiger partial charge in [0.1, 0.15) is 0 Å². The zero-order chi connectivity index (χ0) is 23.7. The molecule has 2 heterocycles. The van der Waals surface area contributed by atoms with E-state index in [4.69, 9.17) is 16.3 Å². The van der Waals surface area contributed by atoms with E-state index >= 15 is 0 Å². The van der Waals surface area contributed by atoms with Gasteiger partial charge in [0, 0.05) is 17.2 Å². The number of aromatic nitrogens is 1. The fourth-order valence-corrected chi connectivity index (χ4v) is 4.77. The summed E-state index contributed by atoms with van der Waals surface area (Å²) >= 11 is 7.23. The van der Waals surface area contributed by atoms with Crippen LogP contribution in [0.1, 0.15) is 31.0 Å². The Morgan fingerprint density at radius 2 is 1.91 bits per heavy atom. The highest BCUT2D eigenvalue weighted by atomic mass is 35.5. The number of halogens is 1. The SMILES string of the molecule is CCOC(=O)C1=C(C)N=c2s/c(=C/c3ccc([N+](=O)[O-])cc3)c(=O)n2[C@@H]1c1ccc(Cl)cc1. The number of nitrogens with zero attached hydrogens (tertiary/aromatic N) is 3. The quantitative estimate of drug-likeness (QED) is 0.314. The third kappa shape index (κ3) is 4.37. The van der Waals surface area contributed by atoms with Crippen LogP contribution in [-0.4, -0.2) is 22.1 Å². The van der Waals surface area contributed by atoms with Gasteiger partial charge in [0.25, 0.3) is 11.2 Å². The van der Waals surface area contributed by atoms with E-state index in [-0.39, 0.29) is 23.4 Å². The Bertz CT molecular complexity index is 1450. The molecule has 0 radical (unpaired) electrons. The number of thiazole rings is 1. The van der Waals surface area contributed by atoms with Crippen molar-refractivity contribution in [1.29, 1.82) is 0 Å². The molecule has 4 rings (SSSR count). The molecule has 2 aromatic carbocycles. The smallest absolute Gasteiger partial charge is 0.338 e. The Labute approximate surface area is 196 Å². The molecule has 1 aliphatic rings. The van der Waals surface area contributed by atoms with Crippen LogP contribution in [0, 0.1) is 10.1 Å². The molecule has 8 nitrogen and oxygen atoms in total. The molecule has 1 aromatic heterocycles. The number of carbonyl (C=O) groups excluding carboxylic acids is 1. The summed E-state index contributed by atoms with van der Waals surface area (Å²) in [5.41, 5.74) is 1.72. The van der Waals surface area contributed by atoms with Crippen LogP contribution in [-0.2, 0) is 9.53 Å². The first-order valence-electron chi connectivity index (χ1n) is 9.99. The molecule has 33 heavy (non-hydrogen) atoms. The van der Waals surface area contributed by atoms with Gasteiger partial charge in [-0.15, -0.1) is 0 Å². The Kier molecular flexibility index (Phi) is 6.26. The fraction of sp³-hybridized carbons (Fsp3) is 0.174. The maximum atomic E-state index is 13.4. The maximum absolute atomic E-state index is 13.4. The third-order valence-corrected chi connectivity index (χ3v) is 6.34. The highest BCUT2D eigenvalue weighted by Gasteiger charge is 2.33. The number of allylic oxidation sites excluding steroid dienone is 1. The summed E-state index contributed by atoms with van der Waals surface area (Å²) in [6, 6.07) is 12.1. The van der Waals surface area contributed by atoms with E-state index in [1.807, 2.05) is 0 Å². The number of esters is 1. The molecule has 3 aromatic rings. The van der Waals surface area contributed by atoms with E-state index in [2.05, 4.69) is 4.99 Å². The van der Waals surface area contributed by atoms with Crippen molar-refractivity contribution in [3.05, 3.63) is 106 Å². The second-order valence-electron chi connectivity index (χ2n) is 7.20. The summed E-state index contributed by atoms with van der Waals surface area (Å²) in [5, 5.41) is 11.4. The minimum absolute atomic E-state index is 0.0361. The Morgan fingerprint density at radius 1 is 1.24 bits per heavy atom. The van der Waals surface area contributed by atoms with Crippen molar-refractivity contribution in [2.75, 3.05) is 6.61 Å². The molecule has 0 fully saturated rings. The molecule has 0 spiro atoms. The molecule has 10 heteroatoms. The normalized spacial score (nSPS) is 15.7. The zero-order valence-corrected chi connectivity index (χ0v) is 19.2. The summed E-state index contributed by atoms with van der Waals surface area (Å²) in [5.74, 6) is -0.539. The lowest BCUT2D eigenvalue weighted by Gasteiger charge is -2.24. The van der Waals surface area contributed by atoms with Crippen LogP contribution < -0.4 is 14.9 Å². The summed E-state index contributed by atoms with van der Waals surface area (Å²) < 4.78 is 7.12. The Hall–Kier alpha value is -3.56. The average Bonchev–Trinajstić information content (AvgIpc) is 3.08. The van der Waals surface area contributed by atoms with Crippen LogP contribution in [0.3, 0.4) is 0 Å². The predicted molar refractivity (Wildman–Crippen MR) is 125 cm³/mol. The molecule has 0 aliphatic carbocycles. The van der Waals surface area contributed by atoms with Crippen LogP contribution >= 0.6 is 22.9 Å². The number of hydrogen-bond donors (Lipinski definition) is 0. The van der Waals surface area contributed by atoms with Gasteiger partial charge in [-0.1, -0.05) is 35.1 Å². The summed E-state index contributed by atoms with van der Waals surface area (Å²) in [7, 11) is 0. The number of rotatable bonds is 5. The molecular weight excluding hydrogens is 466 g/mol. The molecule has 0 N–H and O–H groups in total. The molecule has 0 saturated heterocycles. The topological polar surface area (TPSA) is 104 Å². The van der Waals surface area contributed by atoms with Crippen molar-refractivity contribution in [2.24, 2.45) is 4.99 Å². The van der Waals surface area contributed by atoms with Gasteiger partial charge in [-0.05, 0) is 55.3 Å². The van der Waals surface area contributed by atoms with Crippen LogP contribution in [0.5, 0.6) is 0 Å². The van der Waals surface area contributed by atoms with Gasteiger partial charge in [-0.25, -0.2) is 9.79 Å². The monoisotopic (exact) mass is 483 g/mol. The molecule has 168 valence electrons. The average molecular weight is 484 g/mol. The van der Waals surface area contributed by atoms with E-state index < -0.39 is 16.9 Å². The number of carbonyl (C=O) groups is 1. The fourth-order valence-electron chi connectivity index (χ4n) is 3.60. The minimum atomic E-state index is -0.725. The van der Waals surface area contributed by atoms with E-state index in [1.54, 1.807) is 56.3 Å². The van der Waals surface area contributed by atoms with E-state index in [9.17, 15) is 19.7 Å². The van der Waals surface area contributed by atoms with Gasteiger partial charge in [0.15, 0.2) is 4.80 Å². The van der Waals surface area contributed by atoms with Gasteiger partial charge < -0.3 is 4.74 Å². The van der Waals surface area contributed by atoms with Crippen LogP contribution in [0.4, 0.5) is 5.69 Å². The highest BCUT2D eigenvalue weighted by Crippen LogP contribution is 2.31. The highest BCUT2D eigenvalue weighted by molar-refractivity contribution is 7.07. The van der Waals surface area contributed by atoms with Gasteiger partial charge >= 0.3 is 5.97 Å². The van der Waals surface area contributed by atoms with Gasteiger partial charge in [0.2, 0.25) is 0 Å². The minimum Gasteiger partial charge on any atom is -0.463 e. The van der Waals surface area contributed by atoms with Crippen LogP contribution in [0.25, 0.3) is 6.08 Å². The number of nitro benzene ring substituents is 1. The van der Waals surface area contributed by atoms with Crippen molar-refractivity contribution in [3.63, 3.8) is 0 Å². The van der Waals surface area contributed by atoms with E-state index in [0.29, 0.717) is 31.2 Å². The van der Waals surface area contributed by atoms with Crippen molar-refractivity contribution in [3.8, 4) is 0 Å². The Balaban J connectivity index is 1.90. The number of ether oxygens (including phenoxy) is 1. The third-order valence-electron chi connectivity index (χ3n) is 5.10. The molecular formula is C23H18ClN3O5S. The number of hydrogen-bond acceptors (Lipinski definition) is 7. The zero-order valence-electron chi connectivity index (χ0n) is 17.6. The van der Waals surface area contributed by atoms with Gasteiger partial charge in [0.05, 0.1) is 33.4 Å².